The van der Waals surface area contributed by atoms with Crippen LogP contribution in [0.2, 0.25) is 0 Å². The Hall–Kier alpha value is -2.69. The van der Waals surface area contributed by atoms with Crippen LogP contribution in [0.15, 0.2) is 36.4 Å². The maximum atomic E-state index is 14.1. The molecule has 4 nitrogen and oxygen atoms in total. The molecule has 0 saturated heterocycles. The van der Waals surface area contributed by atoms with Gasteiger partial charge in [0, 0.05) is 11.5 Å². The van der Waals surface area contributed by atoms with Crippen molar-refractivity contribution < 1.29 is 24.2 Å². The van der Waals surface area contributed by atoms with E-state index in [9.17, 15) is 14.0 Å². The smallest absolute Gasteiger partial charge is 0.335 e. The Balaban J connectivity index is 2.24. The van der Waals surface area contributed by atoms with Gasteiger partial charge < -0.3 is 10.2 Å². The van der Waals surface area contributed by atoms with Gasteiger partial charge in [0.25, 0.3) is 0 Å². The Bertz CT molecular complexity index is 767. The first-order valence-electron chi connectivity index (χ1n) is 6.37. The first kappa shape index (κ1) is 13.3. The standard InChI is InChI=1S/C16H11FO4/c17-13-3-1-2-9-12(7-14(18)19)11-6-8(16(20)21)4-5-10(11)15(9)13/h1-6,12H,7H2,(H,18,19)(H,20,21). The van der Waals surface area contributed by atoms with E-state index in [1.54, 1.807) is 12.1 Å². The van der Waals surface area contributed by atoms with Crippen molar-refractivity contribution in [3.8, 4) is 11.1 Å². The molecule has 1 aliphatic carbocycles. The average Bonchev–Trinajstić information content (AvgIpc) is 2.73. The largest absolute Gasteiger partial charge is 0.481 e. The van der Waals surface area contributed by atoms with E-state index in [4.69, 9.17) is 10.2 Å². The Morgan fingerprint density at radius 2 is 1.86 bits per heavy atom. The molecule has 0 radical (unpaired) electrons. The van der Waals surface area contributed by atoms with Gasteiger partial charge in [-0.1, -0.05) is 18.2 Å². The summed E-state index contributed by atoms with van der Waals surface area (Å²) in [5, 5.41) is 18.1. The van der Waals surface area contributed by atoms with E-state index in [1.807, 2.05) is 0 Å². The average molecular weight is 286 g/mol. The van der Waals surface area contributed by atoms with Crippen LogP contribution in [0.3, 0.4) is 0 Å². The highest BCUT2D eigenvalue weighted by molar-refractivity contribution is 5.91. The second-order valence-electron chi connectivity index (χ2n) is 4.96. The molecule has 1 atom stereocenters. The number of benzene rings is 2. The second kappa shape index (κ2) is 4.70. The summed E-state index contributed by atoms with van der Waals surface area (Å²) in [5.74, 6) is -3.06. The maximum Gasteiger partial charge on any atom is 0.335 e. The number of carboxylic acid groups (broad SMARTS) is 2. The van der Waals surface area contributed by atoms with Crippen molar-refractivity contribution in [3.05, 3.63) is 58.9 Å². The van der Waals surface area contributed by atoms with Gasteiger partial charge in [0.2, 0.25) is 0 Å². The molecule has 0 spiro atoms. The van der Waals surface area contributed by atoms with Crippen molar-refractivity contribution >= 4 is 11.9 Å². The molecule has 3 rings (SSSR count). The molecule has 21 heavy (non-hydrogen) atoms. The van der Waals surface area contributed by atoms with Crippen molar-refractivity contribution in [1.82, 2.24) is 0 Å². The quantitative estimate of drug-likeness (QED) is 0.909. The minimum Gasteiger partial charge on any atom is -0.481 e. The highest BCUT2D eigenvalue weighted by Gasteiger charge is 2.32. The summed E-state index contributed by atoms with van der Waals surface area (Å²) in [4.78, 5) is 22.1. The molecule has 0 fully saturated rings. The lowest BCUT2D eigenvalue weighted by molar-refractivity contribution is -0.137. The van der Waals surface area contributed by atoms with Crippen LogP contribution in [0.4, 0.5) is 4.39 Å². The Labute approximate surface area is 119 Å². The fraction of sp³-hybridized carbons (Fsp3) is 0.125. The summed E-state index contributed by atoms with van der Waals surface area (Å²) >= 11 is 0. The van der Waals surface area contributed by atoms with E-state index in [2.05, 4.69) is 0 Å². The summed E-state index contributed by atoms with van der Waals surface area (Å²) in [6.45, 7) is 0. The first-order valence-corrected chi connectivity index (χ1v) is 6.37. The van der Waals surface area contributed by atoms with Gasteiger partial charge in [-0.3, -0.25) is 4.79 Å². The summed E-state index contributed by atoms with van der Waals surface area (Å²) < 4.78 is 14.1. The van der Waals surface area contributed by atoms with Crippen molar-refractivity contribution in [2.45, 2.75) is 12.3 Å². The third kappa shape index (κ3) is 2.07. The van der Waals surface area contributed by atoms with Crippen molar-refractivity contribution in [2.24, 2.45) is 0 Å². The zero-order valence-electron chi connectivity index (χ0n) is 10.8. The Kier molecular flexibility index (Phi) is 2.97. The van der Waals surface area contributed by atoms with Gasteiger partial charge in [0.05, 0.1) is 12.0 Å². The highest BCUT2D eigenvalue weighted by atomic mass is 19.1. The zero-order chi connectivity index (χ0) is 15.1. The van der Waals surface area contributed by atoms with E-state index in [0.29, 0.717) is 22.3 Å². The molecule has 0 aliphatic heterocycles. The normalized spacial score (nSPS) is 15.4. The molecule has 2 aromatic rings. The molecule has 0 amide bonds. The van der Waals surface area contributed by atoms with E-state index < -0.39 is 23.7 Å². The predicted molar refractivity (Wildman–Crippen MR) is 72.9 cm³/mol. The van der Waals surface area contributed by atoms with Gasteiger partial charge in [-0.05, 0) is 34.9 Å². The van der Waals surface area contributed by atoms with Crippen LogP contribution >= 0.6 is 0 Å². The summed E-state index contributed by atoms with van der Waals surface area (Å²) in [5.41, 5.74) is 2.15. The number of fused-ring (bicyclic) bond motifs is 3. The van der Waals surface area contributed by atoms with Gasteiger partial charge >= 0.3 is 11.9 Å². The first-order chi connectivity index (χ1) is 9.99. The van der Waals surface area contributed by atoms with Crippen LogP contribution in [-0.4, -0.2) is 22.2 Å². The molecule has 0 saturated carbocycles. The number of carbonyl (C=O) groups is 2. The monoisotopic (exact) mass is 286 g/mol. The number of carboxylic acids is 2. The highest BCUT2D eigenvalue weighted by Crippen LogP contribution is 2.47. The third-order valence-electron chi connectivity index (χ3n) is 3.74. The van der Waals surface area contributed by atoms with E-state index in [0.717, 1.165) is 0 Å². The van der Waals surface area contributed by atoms with Gasteiger partial charge in [0.15, 0.2) is 0 Å². The number of aliphatic carboxylic acids is 1. The van der Waals surface area contributed by atoms with E-state index in [-0.39, 0.29) is 12.0 Å². The molecule has 1 unspecified atom stereocenters. The summed E-state index contributed by atoms with van der Waals surface area (Å²) in [6, 6.07) is 8.92. The van der Waals surface area contributed by atoms with Crippen LogP contribution < -0.4 is 0 Å². The fourth-order valence-corrected chi connectivity index (χ4v) is 2.89. The van der Waals surface area contributed by atoms with Crippen LogP contribution in [0, 0.1) is 5.82 Å². The molecule has 5 heteroatoms. The number of aromatic carboxylic acids is 1. The Morgan fingerprint density at radius 3 is 2.52 bits per heavy atom. The van der Waals surface area contributed by atoms with Crippen molar-refractivity contribution in [3.63, 3.8) is 0 Å². The molecule has 2 aromatic carbocycles. The molecule has 0 heterocycles. The zero-order valence-corrected chi connectivity index (χ0v) is 10.8. The molecular formula is C16H11FO4. The second-order valence-corrected chi connectivity index (χ2v) is 4.96. The van der Waals surface area contributed by atoms with Crippen LogP contribution in [0.5, 0.6) is 0 Å². The minimum atomic E-state index is -1.09. The molecular weight excluding hydrogens is 275 g/mol. The Morgan fingerprint density at radius 1 is 1.10 bits per heavy atom. The number of rotatable bonds is 3. The third-order valence-corrected chi connectivity index (χ3v) is 3.74. The number of halogens is 1. The molecule has 106 valence electrons. The summed E-state index contributed by atoms with van der Waals surface area (Å²) in [6.07, 6.45) is -0.202. The summed E-state index contributed by atoms with van der Waals surface area (Å²) in [7, 11) is 0. The molecule has 0 aromatic heterocycles. The number of hydrogen-bond donors (Lipinski definition) is 2. The van der Waals surface area contributed by atoms with E-state index in [1.165, 1.54) is 24.3 Å². The molecule has 1 aliphatic rings. The van der Waals surface area contributed by atoms with Gasteiger partial charge in [-0.15, -0.1) is 0 Å². The molecule has 0 bridgehead atoms. The maximum absolute atomic E-state index is 14.1. The lowest BCUT2D eigenvalue weighted by Crippen LogP contribution is -2.06. The molecule has 2 N–H and O–H groups in total. The van der Waals surface area contributed by atoms with Crippen molar-refractivity contribution in [2.75, 3.05) is 0 Å². The van der Waals surface area contributed by atoms with Crippen LogP contribution in [0.1, 0.15) is 33.8 Å². The van der Waals surface area contributed by atoms with Crippen molar-refractivity contribution in [1.29, 1.82) is 0 Å². The van der Waals surface area contributed by atoms with Gasteiger partial charge in [-0.25, -0.2) is 9.18 Å². The SMILES string of the molecule is O=C(O)CC1c2cc(C(=O)O)ccc2-c2c(F)cccc21. The minimum absolute atomic E-state index is 0.0670. The number of hydrogen-bond acceptors (Lipinski definition) is 2. The van der Waals surface area contributed by atoms with E-state index >= 15 is 0 Å². The van der Waals surface area contributed by atoms with Gasteiger partial charge in [0.1, 0.15) is 5.82 Å². The predicted octanol–water partition coefficient (Wildman–Crippen LogP) is 3.11. The van der Waals surface area contributed by atoms with Crippen LogP contribution in [0.25, 0.3) is 11.1 Å². The van der Waals surface area contributed by atoms with Crippen LogP contribution in [-0.2, 0) is 4.79 Å². The lowest BCUT2D eigenvalue weighted by atomic mass is 9.93. The van der Waals surface area contributed by atoms with Gasteiger partial charge in [-0.2, -0.15) is 0 Å². The lowest BCUT2D eigenvalue weighted by Gasteiger charge is -2.11. The topological polar surface area (TPSA) is 74.6 Å². The fourth-order valence-electron chi connectivity index (χ4n) is 2.89.